The summed E-state index contributed by atoms with van der Waals surface area (Å²) in [4.78, 5) is 4.40. The first kappa shape index (κ1) is 11.2. The summed E-state index contributed by atoms with van der Waals surface area (Å²) >= 11 is 0. The zero-order chi connectivity index (χ0) is 12.6. The standard InChI is InChI=1S/C17H17N/c1-17(2)12-13-7-3-4-9-15(13)16(17)11-14-8-5-6-10-18-14/h3-11H,12H2,1-2H3/b16-11-. The van der Waals surface area contributed by atoms with Crippen LogP contribution in [0, 0.1) is 5.41 Å². The van der Waals surface area contributed by atoms with Gasteiger partial charge in [-0.3, -0.25) is 4.98 Å². The summed E-state index contributed by atoms with van der Waals surface area (Å²) in [6.45, 7) is 4.61. The maximum atomic E-state index is 4.40. The Labute approximate surface area is 108 Å². The van der Waals surface area contributed by atoms with E-state index in [2.05, 4.69) is 55.2 Å². The van der Waals surface area contributed by atoms with Gasteiger partial charge in [-0.2, -0.15) is 0 Å². The normalized spacial score (nSPS) is 18.9. The van der Waals surface area contributed by atoms with Crippen LogP contribution in [-0.4, -0.2) is 4.98 Å². The van der Waals surface area contributed by atoms with Crippen molar-refractivity contribution in [3.8, 4) is 0 Å². The van der Waals surface area contributed by atoms with Crippen LogP contribution in [0.25, 0.3) is 11.6 Å². The Morgan fingerprint density at radius 2 is 1.83 bits per heavy atom. The first-order valence-corrected chi connectivity index (χ1v) is 6.38. The lowest BCUT2D eigenvalue weighted by Crippen LogP contribution is -2.09. The molecule has 0 saturated heterocycles. The molecule has 1 heteroatoms. The molecular weight excluding hydrogens is 218 g/mol. The predicted octanol–water partition coefficient (Wildman–Crippen LogP) is 4.20. The molecule has 1 heterocycles. The van der Waals surface area contributed by atoms with Crippen LogP contribution in [0.1, 0.15) is 30.7 Å². The van der Waals surface area contributed by atoms with Crippen LogP contribution >= 0.6 is 0 Å². The highest BCUT2D eigenvalue weighted by atomic mass is 14.7. The molecule has 0 unspecified atom stereocenters. The van der Waals surface area contributed by atoms with Gasteiger partial charge in [0.25, 0.3) is 0 Å². The Balaban J connectivity index is 2.13. The van der Waals surface area contributed by atoms with Crippen molar-refractivity contribution in [1.82, 2.24) is 4.98 Å². The van der Waals surface area contributed by atoms with Gasteiger partial charge in [0.2, 0.25) is 0 Å². The molecule has 0 amide bonds. The number of rotatable bonds is 1. The van der Waals surface area contributed by atoms with Gasteiger partial charge in [0, 0.05) is 6.20 Å². The highest BCUT2D eigenvalue weighted by Gasteiger charge is 2.33. The highest BCUT2D eigenvalue weighted by Crippen LogP contribution is 2.46. The molecular formula is C17H17N. The van der Waals surface area contributed by atoms with E-state index in [0.29, 0.717) is 0 Å². The van der Waals surface area contributed by atoms with Crippen LogP contribution in [0.3, 0.4) is 0 Å². The Morgan fingerprint density at radius 1 is 1.06 bits per heavy atom. The average Bonchev–Trinajstić information content (AvgIpc) is 2.62. The van der Waals surface area contributed by atoms with Gasteiger partial charge < -0.3 is 0 Å². The van der Waals surface area contributed by atoms with Crippen molar-refractivity contribution in [3.63, 3.8) is 0 Å². The number of hydrogen-bond acceptors (Lipinski definition) is 1. The highest BCUT2D eigenvalue weighted by molar-refractivity contribution is 5.87. The SMILES string of the molecule is CC1(C)Cc2ccccc2/C1=C/c1ccccn1. The molecule has 1 aromatic carbocycles. The molecule has 1 aliphatic carbocycles. The Kier molecular flexibility index (Phi) is 2.55. The molecule has 0 fully saturated rings. The molecule has 1 nitrogen and oxygen atoms in total. The smallest absolute Gasteiger partial charge is 0.0632 e. The zero-order valence-corrected chi connectivity index (χ0v) is 10.9. The van der Waals surface area contributed by atoms with E-state index in [-0.39, 0.29) is 5.41 Å². The van der Waals surface area contributed by atoms with Gasteiger partial charge >= 0.3 is 0 Å². The molecule has 90 valence electrons. The van der Waals surface area contributed by atoms with Crippen LogP contribution in [0.4, 0.5) is 0 Å². The lowest BCUT2D eigenvalue weighted by Gasteiger charge is -2.20. The van der Waals surface area contributed by atoms with E-state index in [4.69, 9.17) is 0 Å². The minimum absolute atomic E-state index is 0.196. The summed E-state index contributed by atoms with van der Waals surface area (Å²) < 4.78 is 0. The van der Waals surface area contributed by atoms with E-state index in [1.54, 1.807) is 0 Å². The second-order valence-corrected chi connectivity index (χ2v) is 5.53. The molecule has 0 atom stereocenters. The van der Waals surface area contributed by atoms with Crippen molar-refractivity contribution in [2.24, 2.45) is 5.41 Å². The van der Waals surface area contributed by atoms with Crippen molar-refractivity contribution in [2.75, 3.05) is 0 Å². The molecule has 2 aromatic rings. The minimum atomic E-state index is 0.196. The van der Waals surface area contributed by atoms with Crippen molar-refractivity contribution in [2.45, 2.75) is 20.3 Å². The van der Waals surface area contributed by atoms with Gasteiger partial charge in [-0.1, -0.05) is 44.2 Å². The Hall–Kier alpha value is -1.89. The topological polar surface area (TPSA) is 12.9 Å². The summed E-state index contributed by atoms with van der Waals surface area (Å²) in [6, 6.07) is 14.7. The molecule has 1 aromatic heterocycles. The monoisotopic (exact) mass is 235 g/mol. The second kappa shape index (κ2) is 4.09. The summed E-state index contributed by atoms with van der Waals surface area (Å²) in [5.41, 5.74) is 5.47. The van der Waals surface area contributed by atoms with E-state index in [0.717, 1.165) is 12.1 Å². The van der Waals surface area contributed by atoms with Gasteiger partial charge in [0.15, 0.2) is 0 Å². The summed E-state index contributed by atoms with van der Waals surface area (Å²) in [5.74, 6) is 0. The molecule has 0 bridgehead atoms. The summed E-state index contributed by atoms with van der Waals surface area (Å²) in [6.07, 6.45) is 5.19. The number of nitrogens with zero attached hydrogens (tertiary/aromatic N) is 1. The second-order valence-electron chi connectivity index (χ2n) is 5.53. The van der Waals surface area contributed by atoms with E-state index >= 15 is 0 Å². The molecule has 18 heavy (non-hydrogen) atoms. The number of pyridine rings is 1. The molecule has 1 aliphatic rings. The Bertz CT molecular complexity index is 594. The van der Waals surface area contributed by atoms with Gasteiger partial charge in [0.1, 0.15) is 0 Å². The third-order valence-electron chi connectivity index (χ3n) is 3.65. The predicted molar refractivity (Wildman–Crippen MR) is 76.0 cm³/mol. The third-order valence-corrected chi connectivity index (χ3v) is 3.65. The fourth-order valence-electron chi connectivity index (χ4n) is 2.76. The van der Waals surface area contributed by atoms with E-state index in [1.165, 1.54) is 16.7 Å². The lowest BCUT2D eigenvalue weighted by atomic mass is 9.84. The maximum absolute atomic E-state index is 4.40. The van der Waals surface area contributed by atoms with Crippen molar-refractivity contribution >= 4 is 11.6 Å². The van der Waals surface area contributed by atoms with Gasteiger partial charge in [0.05, 0.1) is 5.69 Å². The maximum Gasteiger partial charge on any atom is 0.0632 e. The molecule has 3 rings (SSSR count). The van der Waals surface area contributed by atoms with Crippen LogP contribution < -0.4 is 0 Å². The molecule has 0 spiro atoms. The Morgan fingerprint density at radius 3 is 2.61 bits per heavy atom. The number of benzene rings is 1. The van der Waals surface area contributed by atoms with E-state index in [9.17, 15) is 0 Å². The summed E-state index contributed by atoms with van der Waals surface area (Å²) in [7, 11) is 0. The van der Waals surface area contributed by atoms with Crippen LogP contribution in [-0.2, 0) is 6.42 Å². The average molecular weight is 235 g/mol. The van der Waals surface area contributed by atoms with Crippen LogP contribution in [0.5, 0.6) is 0 Å². The van der Waals surface area contributed by atoms with Crippen molar-refractivity contribution < 1.29 is 0 Å². The van der Waals surface area contributed by atoms with Crippen LogP contribution in [0.15, 0.2) is 48.7 Å². The molecule has 0 saturated carbocycles. The lowest BCUT2D eigenvalue weighted by molar-refractivity contribution is 0.522. The number of aromatic nitrogens is 1. The van der Waals surface area contributed by atoms with E-state index in [1.807, 2.05) is 18.3 Å². The molecule has 0 aliphatic heterocycles. The van der Waals surface area contributed by atoms with Crippen LogP contribution in [0.2, 0.25) is 0 Å². The quantitative estimate of drug-likeness (QED) is 0.721. The minimum Gasteiger partial charge on any atom is -0.257 e. The zero-order valence-electron chi connectivity index (χ0n) is 10.9. The van der Waals surface area contributed by atoms with Gasteiger partial charge in [-0.15, -0.1) is 0 Å². The van der Waals surface area contributed by atoms with Gasteiger partial charge in [-0.25, -0.2) is 0 Å². The number of allylic oxidation sites excluding steroid dienone is 1. The first-order chi connectivity index (χ1) is 8.67. The molecule has 0 radical (unpaired) electrons. The number of hydrogen-bond donors (Lipinski definition) is 0. The largest absolute Gasteiger partial charge is 0.257 e. The first-order valence-electron chi connectivity index (χ1n) is 6.38. The molecule has 0 N–H and O–H groups in total. The van der Waals surface area contributed by atoms with Gasteiger partial charge in [-0.05, 0) is 46.7 Å². The fourth-order valence-corrected chi connectivity index (χ4v) is 2.76. The van der Waals surface area contributed by atoms with E-state index < -0.39 is 0 Å². The summed E-state index contributed by atoms with van der Waals surface area (Å²) in [5, 5.41) is 0. The van der Waals surface area contributed by atoms with Crippen molar-refractivity contribution in [3.05, 3.63) is 65.5 Å². The third kappa shape index (κ3) is 1.86. The number of fused-ring (bicyclic) bond motifs is 1. The fraction of sp³-hybridized carbons (Fsp3) is 0.235. The van der Waals surface area contributed by atoms with Crippen molar-refractivity contribution in [1.29, 1.82) is 0 Å².